The molecule has 14 nitrogen and oxygen atoms in total. The zero-order valence-corrected chi connectivity index (χ0v) is 41.9. The van der Waals surface area contributed by atoms with Crippen LogP contribution in [0.5, 0.6) is 11.5 Å². The van der Waals surface area contributed by atoms with Gasteiger partial charge in [0.05, 0.1) is 31.5 Å². The van der Waals surface area contributed by atoms with Crippen molar-refractivity contribution in [2.24, 2.45) is 29.6 Å². The van der Waals surface area contributed by atoms with E-state index in [4.69, 9.17) is 33.2 Å². The average molecular weight is 948 g/mol. The van der Waals surface area contributed by atoms with Crippen LogP contribution in [0.1, 0.15) is 112 Å². The summed E-state index contributed by atoms with van der Waals surface area (Å²) < 4.78 is 42.4. The Hall–Kier alpha value is -4.18. The number of hydrogen-bond donors (Lipinski definition) is 2. The van der Waals surface area contributed by atoms with Crippen molar-refractivity contribution in [1.29, 1.82) is 0 Å². The number of rotatable bonds is 9. The molecule has 4 aliphatic rings. The zero-order valence-electron chi connectivity index (χ0n) is 41.9. The summed E-state index contributed by atoms with van der Waals surface area (Å²) >= 11 is 0. The van der Waals surface area contributed by atoms with Crippen LogP contribution in [0, 0.1) is 29.6 Å². The molecule has 68 heavy (non-hydrogen) atoms. The first kappa shape index (κ1) is 53.2. The molecule has 0 radical (unpaired) electrons. The average Bonchev–Trinajstić information content (AvgIpc) is 3.33. The topological polar surface area (TPSA) is 177 Å². The molecule has 1 amide bonds. The van der Waals surface area contributed by atoms with Crippen molar-refractivity contribution in [3.63, 3.8) is 0 Å². The summed E-state index contributed by atoms with van der Waals surface area (Å²) in [6, 6.07) is 10.7. The van der Waals surface area contributed by atoms with E-state index in [1.165, 1.54) is 19.1 Å². The number of ketones is 2. The van der Waals surface area contributed by atoms with Gasteiger partial charge in [-0.1, -0.05) is 57.6 Å². The number of amides is 1. The lowest BCUT2D eigenvalue weighted by Gasteiger charge is -2.47. The van der Waals surface area contributed by atoms with Crippen LogP contribution in [0.25, 0.3) is 10.8 Å². The number of allylic oxidation sites excluding steroid dienone is 3. The number of cyclic esters (lactones) is 1. The van der Waals surface area contributed by atoms with Gasteiger partial charge in [0.1, 0.15) is 41.6 Å². The van der Waals surface area contributed by atoms with E-state index in [0.717, 1.165) is 34.3 Å². The van der Waals surface area contributed by atoms with Crippen molar-refractivity contribution in [2.75, 3.05) is 35.0 Å². The Balaban J connectivity index is 1.29. The third-order valence-electron chi connectivity index (χ3n) is 15.2. The van der Waals surface area contributed by atoms with Gasteiger partial charge in [0.2, 0.25) is 5.79 Å². The lowest BCUT2D eigenvalue weighted by Crippen LogP contribution is -2.64. The van der Waals surface area contributed by atoms with Gasteiger partial charge in [-0.3, -0.25) is 14.4 Å². The van der Waals surface area contributed by atoms with Crippen molar-refractivity contribution in [3.8, 4) is 11.5 Å². The minimum absolute atomic E-state index is 0.00139. The maximum Gasteiger partial charge on any atom is 0.329 e. The van der Waals surface area contributed by atoms with Gasteiger partial charge >= 0.3 is 5.97 Å². The molecule has 2 N–H and O–H groups in total. The van der Waals surface area contributed by atoms with Crippen LogP contribution in [-0.4, -0.2) is 128 Å². The molecule has 3 fully saturated rings. The Morgan fingerprint density at radius 3 is 2.16 bits per heavy atom. The van der Waals surface area contributed by atoms with E-state index < -0.39 is 77.8 Å². The van der Waals surface area contributed by atoms with Gasteiger partial charge in [-0.15, -0.1) is 0 Å². The van der Waals surface area contributed by atoms with E-state index in [2.05, 4.69) is 13.0 Å². The van der Waals surface area contributed by atoms with Crippen molar-refractivity contribution >= 4 is 34.2 Å². The smallest absolute Gasteiger partial charge is 0.329 e. The van der Waals surface area contributed by atoms with Crippen molar-refractivity contribution in [2.45, 2.75) is 167 Å². The summed E-state index contributed by atoms with van der Waals surface area (Å²) in [6.45, 7) is 11.4. The minimum atomic E-state index is -2.51. The molecular formula is C54H77NO13. The Labute approximate surface area is 403 Å². The number of carbonyl (C=O) groups excluding carboxylic acids is 4. The fourth-order valence-corrected chi connectivity index (χ4v) is 11.1. The number of esters is 1. The highest BCUT2D eigenvalue weighted by molar-refractivity contribution is 6.39. The molecule has 14 unspecified atom stereocenters. The van der Waals surface area contributed by atoms with Crippen LogP contribution in [0.4, 0.5) is 0 Å². The van der Waals surface area contributed by atoms with Gasteiger partial charge in [0, 0.05) is 52.0 Å². The van der Waals surface area contributed by atoms with Crippen LogP contribution in [0.2, 0.25) is 0 Å². The molecule has 1 aliphatic carbocycles. The SMILES string of the molecule is CCC1/C=C(\C)CC(C)CC(OC)C2OC(O)(C(=O)C(=O)N3CCCCC3C(=O)OC(C(C)=CC3CCC(Oc4ccc5cc(OC)ccc5c4)C(OC)C3)C(C)C(O)CC1=O)C(C)CC2OC. The van der Waals surface area contributed by atoms with Gasteiger partial charge in [-0.05, 0) is 131 Å². The molecule has 3 aliphatic heterocycles. The molecule has 2 saturated heterocycles. The number of nitrogens with zero attached hydrogens (tertiary/aromatic N) is 1. The van der Waals surface area contributed by atoms with Crippen LogP contribution in [-0.2, 0) is 42.9 Å². The molecule has 14 heteroatoms. The lowest BCUT2D eigenvalue weighted by atomic mass is 9.81. The lowest BCUT2D eigenvalue weighted by molar-refractivity contribution is -0.302. The van der Waals surface area contributed by atoms with E-state index in [1.807, 2.05) is 63.2 Å². The standard InChI is InChI=1S/C54H77NO13/c1-11-37-23-31(2)22-32(3)24-47(64-9)50-48(65-10)26-34(5)54(61,68-50)51(58)52(59)55-21-13-12-14-42(55)53(60)67-49(35(6)43(56)30-44(37)57)33(4)25-36-15-20-45(46(27-36)63-8)66-41-19-17-38-28-40(62-7)18-16-39(38)29-41/h16-19,23,25,28-29,32,34-37,42-43,45-50,56,61H,11-15,20-22,24,26-27,30H2,1-10H3/b31-23+,33-25?. The predicted molar refractivity (Wildman–Crippen MR) is 257 cm³/mol. The van der Waals surface area contributed by atoms with Gasteiger partial charge in [0.15, 0.2) is 0 Å². The third-order valence-corrected chi connectivity index (χ3v) is 15.2. The van der Waals surface area contributed by atoms with Gasteiger partial charge in [-0.2, -0.15) is 0 Å². The van der Waals surface area contributed by atoms with Crippen molar-refractivity contribution in [1.82, 2.24) is 4.90 Å². The van der Waals surface area contributed by atoms with Gasteiger partial charge in [0.25, 0.3) is 11.7 Å². The molecule has 3 heterocycles. The Kier molecular flexibility index (Phi) is 18.5. The summed E-state index contributed by atoms with van der Waals surface area (Å²) in [7, 11) is 6.40. The number of Topliss-reactive ketones (excluding diaryl/α,β-unsaturated/α-hetero) is 2. The largest absolute Gasteiger partial charge is 0.497 e. The summed E-state index contributed by atoms with van der Waals surface area (Å²) in [4.78, 5) is 58.6. The van der Waals surface area contributed by atoms with E-state index in [9.17, 15) is 29.4 Å². The second kappa shape index (κ2) is 23.6. The summed E-state index contributed by atoms with van der Waals surface area (Å²) in [5, 5.41) is 26.1. The predicted octanol–water partition coefficient (Wildman–Crippen LogP) is 7.72. The summed E-state index contributed by atoms with van der Waals surface area (Å²) in [5.41, 5.74) is 1.68. The highest BCUT2D eigenvalue weighted by Crippen LogP contribution is 2.40. The first-order valence-electron chi connectivity index (χ1n) is 24.8. The number of carbonyl (C=O) groups is 4. The van der Waals surface area contributed by atoms with Gasteiger partial charge < -0.3 is 48.3 Å². The minimum Gasteiger partial charge on any atom is -0.497 e. The monoisotopic (exact) mass is 948 g/mol. The third kappa shape index (κ3) is 12.2. The molecular weight excluding hydrogens is 871 g/mol. The van der Waals surface area contributed by atoms with Crippen LogP contribution < -0.4 is 9.47 Å². The first-order valence-corrected chi connectivity index (χ1v) is 24.8. The number of ether oxygens (including phenoxy) is 7. The molecule has 2 bridgehead atoms. The van der Waals surface area contributed by atoms with Crippen molar-refractivity contribution in [3.05, 3.63) is 59.7 Å². The highest BCUT2D eigenvalue weighted by atomic mass is 16.7. The quantitative estimate of drug-likeness (QED) is 0.142. The van der Waals surface area contributed by atoms with Crippen molar-refractivity contribution < 1.29 is 62.5 Å². The molecule has 14 atom stereocenters. The van der Waals surface area contributed by atoms with E-state index in [0.29, 0.717) is 50.5 Å². The number of aliphatic hydroxyl groups is 2. The number of piperidine rings is 1. The number of hydrogen-bond acceptors (Lipinski definition) is 13. The molecule has 0 spiro atoms. The van der Waals surface area contributed by atoms with Crippen LogP contribution in [0.3, 0.4) is 0 Å². The summed E-state index contributed by atoms with van der Waals surface area (Å²) in [5.74, 6) is -6.02. The fourth-order valence-electron chi connectivity index (χ4n) is 11.1. The Morgan fingerprint density at radius 2 is 1.50 bits per heavy atom. The number of aliphatic hydroxyl groups excluding tert-OH is 1. The number of fused-ring (bicyclic) bond motifs is 4. The molecule has 6 rings (SSSR count). The highest BCUT2D eigenvalue weighted by Gasteiger charge is 2.56. The Bertz CT molecular complexity index is 2140. The molecule has 1 saturated carbocycles. The molecule has 2 aromatic rings. The van der Waals surface area contributed by atoms with Gasteiger partial charge in [-0.25, -0.2) is 4.79 Å². The molecule has 376 valence electrons. The fraction of sp³-hybridized carbons (Fsp3) is 0.667. The van der Waals surface area contributed by atoms with E-state index in [1.54, 1.807) is 28.1 Å². The number of methoxy groups -OCH3 is 4. The first-order chi connectivity index (χ1) is 32.4. The second-order valence-corrected chi connectivity index (χ2v) is 20.1. The zero-order chi connectivity index (χ0) is 49.4. The number of benzene rings is 2. The maximum absolute atomic E-state index is 14.6. The molecule has 0 aromatic heterocycles. The maximum atomic E-state index is 14.6. The summed E-state index contributed by atoms with van der Waals surface area (Å²) in [6.07, 6.45) is 4.47. The van der Waals surface area contributed by atoms with E-state index in [-0.39, 0.29) is 55.6 Å². The second-order valence-electron chi connectivity index (χ2n) is 20.1. The van der Waals surface area contributed by atoms with E-state index >= 15 is 0 Å². The van der Waals surface area contributed by atoms with Crippen LogP contribution in [0.15, 0.2) is 59.7 Å². The van der Waals surface area contributed by atoms with Crippen LogP contribution >= 0.6 is 0 Å². The Morgan fingerprint density at radius 1 is 0.838 bits per heavy atom. The normalized spacial score (nSPS) is 36.2. The molecule has 2 aromatic carbocycles.